The van der Waals surface area contributed by atoms with Gasteiger partial charge in [0.25, 0.3) is 0 Å². The predicted octanol–water partition coefficient (Wildman–Crippen LogP) is 20.1. The highest BCUT2D eigenvalue weighted by molar-refractivity contribution is 5.71. The molecule has 0 aromatic heterocycles. The highest BCUT2D eigenvalue weighted by atomic mass is 16.6. The Hall–Kier alpha value is -3.67. The van der Waals surface area contributed by atoms with E-state index in [1.807, 2.05) is 0 Å². The van der Waals surface area contributed by atoms with E-state index in [4.69, 9.17) is 14.2 Å². The van der Waals surface area contributed by atoms with Gasteiger partial charge in [0.05, 0.1) is 0 Å². The molecule has 0 rings (SSSR count). The lowest BCUT2D eigenvalue weighted by Gasteiger charge is -2.18. The first kappa shape index (κ1) is 67.3. The van der Waals surface area contributed by atoms with E-state index >= 15 is 0 Å². The van der Waals surface area contributed by atoms with Crippen LogP contribution in [-0.4, -0.2) is 37.2 Å². The fourth-order valence-corrected chi connectivity index (χ4v) is 8.12. The van der Waals surface area contributed by atoms with Crippen LogP contribution in [0.2, 0.25) is 0 Å². The number of hydrogen-bond acceptors (Lipinski definition) is 6. The van der Waals surface area contributed by atoms with Gasteiger partial charge in [-0.15, -0.1) is 0 Å². The Morgan fingerprint density at radius 3 is 0.887 bits per heavy atom. The molecule has 6 heteroatoms. The van der Waals surface area contributed by atoms with Gasteiger partial charge in [0.1, 0.15) is 13.2 Å². The van der Waals surface area contributed by atoms with E-state index in [1.54, 1.807) is 0 Å². The van der Waals surface area contributed by atoms with E-state index in [9.17, 15) is 14.4 Å². The monoisotopic (exact) mass is 987 g/mol. The van der Waals surface area contributed by atoms with Crippen molar-refractivity contribution in [1.29, 1.82) is 0 Å². The van der Waals surface area contributed by atoms with Crippen molar-refractivity contribution in [2.24, 2.45) is 0 Å². The summed E-state index contributed by atoms with van der Waals surface area (Å²) in [7, 11) is 0. The Morgan fingerprint density at radius 2 is 0.549 bits per heavy atom. The molecule has 71 heavy (non-hydrogen) atoms. The quantitative estimate of drug-likeness (QED) is 0.0261. The minimum atomic E-state index is -0.780. The molecular weight excluding hydrogens is 877 g/mol. The van der Waals surface area contributed by atoms with E-state index in [2.05, 4.69) is 118 Å². The maximum Gasteiger partial charge on any atom is 0.306 e. The Labute approximate surface area is 438 Å². The molecule has 0 aliphatic carbocycles. The van der Waals surface area contributed by atoms with Crippen LogP contribution in [0.4, 0.5) is 0 Å². The second-order valence-corrected chi connectivity index (χ2v) is 19.5. The van der Waals surface area contributed by atoms with Gasteiger partial charge in [-0.05, 0) is 103 Å². The molecule has 0 heterocycles. The summed E-state index contributed by atoms with van der Waals surface area (Å²) in [5, 5.41) is 0. The van der Waals surface area contributed by atoms with Crippen LogP contribution >= 0.6 is 0 Å². The van der Waals surface area contributed by atoms with Crippen molar-refractivity contribution in [2.45, 2.75) is 284 Å². The fraction of sp³-hybridized carbons (Fsp3) is 0.708. The summed E-state index contributed by atoms with van der Waals surface area (Å²) < 4.78 is 16.7. The smallest absolute Gasteiger partial charge is 0.306 e. The van der Waals surface area contributed by atoms with E-state index in [1.165, 1.54) is 109 Å². The summed E-state index contributed by atoms with van der Waals surface area (Å²) in [6, 6.07) is 0. The lowest BCUT2D eigenvalue weighted by molar-refractivity contribution is -0.167. The van der Waals surface area contributed by atoms with Gasteiger partial charge < -0.3 is 14.2 Å². The van der Waals surface area contributed by atoms with E-state index in [0.29, 0.717) is 19.3 Å². The molecule has 0 fully saturated rings. The first-order valence-corrected chi connectivity index (χ1v) is 29.7. The van der Waals surface area contributed by atoms with Crippen LogP contribution in [0.15, 0.2) is 97.2 Å². The lowest BCUT2D eigenvalue weighted by Crippen LogP contribution is -2.30. The van der Waals surface area contributed by atoms with Gasteiger partial charge in [0.2, 0.25) is 0 Å². The molecule has 0 radical (unpaired) electrons. The number of unbranched alkanes of at least 4 members (excludes halogenated alkanes) is 26. The summed E-state index contributed by atoms with van der Waals surface area (Å²) >= 11 is 0. The molecule has 0 amide bonds. The molecule has 0 bridgehead atoms. The SMILES string of the molecule is CC/C=C\C/C=C\C/C=C\C/C=C\C/C=C\C/C=C\CCCCCCCCCCCCCCCCC(=O)OCC(COC(=O)CCCCCCC)OC(=O)CCCCCCC/C=C\C/C=C\CCCCC. The van der Waals surface area contributed by atoms with Gasteiger partial charge in [0.15, 0.2) is 6.10 Å². The van der Waals surface area contributed by atoms with Gasteiger partial charge >= 0.3 is 17.9 Å². The maximum absolute atomic E-state index is 12.7. The van der Waals surface area contributed by atoms with E-state index in [0.717, 1.165) is 128 Å². The molecule has 0 spiro atoms. The number of carbonyl (C=O) groups excluding carboxylic acids is 3. The molecule has 6 nitrogen and oxygen atoms in total. The van der Waals surface area contributed by atoms with Crippen molar-refractivity contribution in [3.8, 4) is 0 Å². The van der Waals surface area contributed by atoms with Gasteiger partial charge in [-0.3, -0.25) is 14.4 Å². The summed E-state index contributed by atoms with van der Waals surface area (Å²) in [4.78, 5) is 37.8. The molecule has 0 aromatic rings. The molecule has 0 saturated carbocycles. The molecule has 0 aliphatic rings. The van der Waals surface area contributed by atoms with Crippen LogP contribution in [0.5, 0.6) is 0 Å². The number of allylic oxidation sites excluding steroid dienone is 16. The predicted molar refractivity (Wildman–Crippen MR) is 307 cm³/mol. The molecule has 0 N–H and O–H groups in total. The zero-order valence-corrected chi connectivity index (χ0v) is 46.5. The zero-order valence-electron chi connectivity index (χ0n) is 46.5. The third-order valence-electron chi connectivity index (χ3n) is 12.6. The second-order valence-electron chi connectivity index (χ2n) is 19.5. The molecule has 1 atom stereocenters. The standard InChI is InChI=1S/C65H110O6/c1-4-7-10-13-15-17-19-21-23-24-25-26-27-28-29-30-31-32-33-34-35-36-37-38-39-40-42-43-45-47-49-52-55-58-64(67)70-61-62(60-69-63(66)57-54-51-12-9-6-3)71-65(68)59-56-53-50-48-46-44-41-22-20-18-16-14-11-8-5-2/h7,10,15-18,21-23,25-26,28-29,31-32,41,62H,4-6,8-9,11-14,19-20,24,27,30,33-40,42-61H2,1-3H3/b10-7-,17-15-,18-16-,23-21-,26-25-,29-28-,32-31-,41-22-. The van der Waals surface area contributed by atoms with Gasteiger partial charge in [-0.25, -0.2) is 0 Å². The second kappa shape index (κ2) is 58.9. The largest absolute Gasteiger partial charge is 0.462 e. The van der Waals surface area contributed by atoms with Crippen molar-refractivity contribution in [3.63, 3.8) is 0 Å². The van der Waals surface area contributed by atoms with Crippen LogP contribution in [0, 0.1) is 0 Å². The van der Waals surface area contributed by atoms with Crippen LogP contribution in [-0.2, 0) is 28.6 Å². The minimum absolute atomic E-state index is 0.0818. The van der Waals surface area contributed by atoms with Crippen molar-refractivity contribution in [2.75, 3.05) is 13.2 Å². The number of hydrogen-bond donors (Lipinski definition) is 0. The zero-order chi connectivity index (χ0) is 51.4. The number of carbonyl (C=O) groups is 3. The normalized spacial score (nSPS) is 12.8. The molecule has 406 valence electrons. The highest BCUT2D eigenvalue weighted by Gasteiger charge is 2.19. The lowest BCUT2D eigenvalue weighted by atomic mass is 10.0. The minimum Gasteiger partial charge on any atom is -0.462 e. The first-order valence-electron chi connectivity index (χ1n) is 29.7. The molecule has 0 aliphatic heterocycles. The highest BCUT2D eigenvalue weighted by Crippen LogP contribution is 2.15. The Morgan fingerprint density at radius 1 is 0.296 bits per heavy atom. The molecule has 0 aromatic carbocycles. The van der Waals surface area contributed by atoms with Crippen molar-refractivity contribution < 1.29 is 28.6 Å². The molecule has 1 unspecified atom stereocenters. The summed E-state index contributed by atoms with van der Waals surface area (Å²) in [5.74, 6) is -0.907. The van der Waals surface area contributed by atoms with Gasteiger partial charge in [-0.2, -0.15) is 0 Å². The van der Waals surface area contributed by atoms with Crippen LogP contribution in [0.25, 0.3) is 0 Å². The van der Waals surface area contributed by atoms with Crippen molar-refractivity contribution >= 4 is 17.9 Å². The van der Waals surface area contributed by atoms with E-state index in [-0.39, 0.29) is 31.1 Å². The number of rotatable bonds is 53. The first-order chi connectivity index (χ1) is 35.0. The molecule has 0 saturated heterocycles. The Balaban J connectivity index is 3.99. The van der Waals surface area contributed by atoms with E-state index < -0.39 is 6.10 Å². The third-order valence-corrected chi connectivity index (χ3v) is 12.6. The van der Waals surface area contributed by atoms with Gasteiger partial charge in [0, 0.05) is 19.3 Å². The summed E-state index contributed by atoms with van der Waals surface area (Å²) in [6.07, 6.45) is 78.9. The van der Waals surface area contributed by atoms with Crippen molar-refractivity contribution in [3.05, 3.63) is 97.2 Å². The summed E-state index contributed by atoms with van der Waals surface area (Å²) in [6.45, 7) is 6.41. The topological polar surface area (TPSA) is 78.9 Å². The number of esters is 3. The average molecular weight is 988 g/mol. The van der Waals surface area contributed by atoms with Crippen molar-refractivity contribution in [1.82, 2.24) is 0 Å². The number of ether oxygens (including phenoxy) is 3. The maximum atomic E-state index is 12.7. The van der Waals surface area contributed by atoms with Crippen LogP contribution in [0.1, 0.15) is 278 Å². The fourth-order valence-electron chi connectivity index (χ4n) is 8.12. The summed E-state index contributed by atoms with van der Waals surface area (Å²) in [5.41, 5.74) is 0. The Bertz CT molecular complexity index is 1410. The third kappa shape index (κ3) is 57.1. The van der Waals surface area contributed by atoms with Crippen LogP contribution in [0.3, 0.4) is 0 Å². The molecular formula is C65H110O6. The average Bonchev–Trinajstić information content (AvgIpc) is 3.37. The van der Waals surface area contributed by atoms with Gasteiger partial charge in [-0.1, -0.05) is 253 Å². The Kier molecular flexibility index (Phi) is 55.9. The van der Waals surface area contributed by atoms with Crippen LogP contribution < -0.4 is 0 Å².